The van der Waals surface area contributed by atoms with Gasteiger partial charge in [0.05, 0.1) is 6.10 Å². The Morgan fingerprint density at radius 2 is 1.54 bits per heavy atom. The van der Waals surface area contributed by atoms with Crippen molar-refractivity contribution >= 4 is 5.97 Å². The van der Waals surface area contributed by atoms with Crippen molar-refractivity contribution in [3.63, 3.8) is 0 Å². The lowest BCUT2D eigenvalue weighted by Crippen LogP contribution is -1.98. The molecule has 0 spiro atoms. The second-order valence-corrected chi connectivity index (χ2v) is 5.68. The molecule has 0 amide bonds. The van der Waals surface area contributed by atoms with Gasteiger partial charge in [-0.15, -0.1) is 0 Å². The van der Waals surface area contributed by atoms with Crippen LogP contribution in [0, 0.1) is 0 Å². The number of unbranched alkanes of at least 4 members (excludes halogenated alkanes) is 5. The smallest absolute Gasteiger partial charge is 0.303 e. The van der Waals surface area contributed by atoms with E-state index in [9.17, 15) is 9.90 Å². The summed E-state index contributed by atoms with van der Waals surface area (Å²) in [5.41, 5.74) is 0. The Hall–Kier alpha value is -1.65. The molecular formula is C20H32O4. The Labute approximate surface area is 145 Å². The van der Waals surface area contributed by atoms with Crippen LogP contribution < -0.4 is 0 Å². The van der Waals surface area contributed by atoms with Gasteiger partial charge in [-0.2, -0.15) is 0 Å². The number of carboxylic acids is 1. The molecule has 0 aromatic carbocycles. The van der Waals surface area contributed by atoms with Crippen LogP contribution in [0.1, 0.15) is 57.8 Å². The number of aliphatic hydroxyl groups excluding tert-OH is 2. The third-order valence-electron chi connectivity index (χ3n) is 3.39. The summed E-state index contributed by atoms with van der Waals surface area (Å²) in [5, 5.41) is 26.9. The highest BCUT2D eigenvalue weighted by molar-refractivity contribution is 5.66. The largest absolute Gasteiger partial charge is 0.481 e. The maximum atomic E-state index is 10.3. The van der Waals surface area contributed by atoms with E-state index in [2.05, 4.69) is 6.08 Å². The molecule has 0 bridgehead atoms. The zero-order valence-corrected chi connectivity index (χ0v) is 14.5. The number of hydrogen-bond acceptors (Lipinski definition) is 3. The zero-order chi connectivity index (χ0) is 17.9. The number of aliphatic hydroxyl groups is 2. The average Bonchev–Trinajstić information content (AvgIpc) is 2.55. The van der Waals surface area contributed by atoms with E-state index < -0.39 is 12.1 Å². The molecule has 0 radical (unpaired) electrons. The fourth-order valence-electron chi connectivity index (χ4n) is 2.02. The highest BCUT2D eigenvalue weighted by Crippen LogP contribution is 2.03. The van der Waals surface area contributed by atoms with Gasteiger partial charge >= 0.3 is 5.97 Å². The van der Waals surface area contributed by atoms with Crippen LogP contribution in [0.4, 0.5) is 0 Å². The van der Waals surface area contributed by atoms with Crippen LogP contribution in [0.25, 0.3) is 0 Å². The lowest BCUT2D eigenvalue weighted by Gasteiger charge is -1.99. The minimum Gasteiger partial charge on any atom is -0.481 e. The molecule has 0 aromatic rings. The molecule has 24 heavy (non-hydrogen) atoms. The van der Waals surface area contributed by atoms with Crippen LogP contribution in [0.2, 0.25) is 0 Å². The molecule has 0 aliphatic heterocycles. The second-order valence-electron chi connectivity index (χ2n) is 5.68. The number of rotatable bonds is 15. The highest BCUT2D eigenvalue weighted by atomic mass is 16.4. The predicted octanol–water partition coefficient (Wildman–Crippen LogP) is 4.16. The topological polar surface area (TPSA) is 77.8 Å². The zero-order valence-electron chi connectivity index (χ0n) is 14.5. The first-order valence-corrected chi connectivity index (χ1v) is 8.82. The fourth-order valence-corrected chi connectivity index (χ4v) is 2.02. The first-order chi connectivity index (χ1) is 11.7. The van der Waals surface area contributed by atoms with Crippen molar-refractivity contribution in [2.24, 2.45) is 0 Å². The van der Waals surface area contributed by atoms with E-state index in [4.69, 9.17) is 10.2 Å². The van der Waals surface area contributed by atoms with Crippen LogP contribution in [0.15, 0.2) is 48.6 Å². The molecule has 0 rings (SSSR count). The van der Waals surface area contributed by atoms with Gasteiger partial charge in [0.1, 0.15) is 0 Å². The maximum absolute atomic E-state index is 10.3. The molecule has 0 saturated heterocycles. The normalized spacial score (nSPS) is 13.8. The number of aliphatic carboxylic acids is 1. The Kier molecular flexibility index (Phi) is 16.5. The monoisotopic (exact) mass is 336 g/mol. The van der Waals surface area contributed by atoms with Crippen LogP contribution in [-0.2, 0) is 4.79 Å². The van der Waals surface area contributed by atoms with Crippen LogP contribution >= 0.6 is 0 Å². The van der Waals surface area contributed by atoms with E-state index >= 15 is 0 Å². The Bertz CT molecular complexity index is 408. The van der Waals surface area contributed by atoms with Gasteiger partial charge in [0.25, 0.3) is 0 Å². The molecule has 0 heterocycles. The molecular weight excluding hydrogens is 304 g/mol. The van der Waals surface area contributed by atoms with Gasteiger partial charge in [0.2, 0.25) is 0 Å². The van der Waals surface area contributed by atoms with E-state index in [1.807, 2.05) is 36.5 Å². The summed E-state index contributed by atoms with van der Waals surface area (Å²) < 4.78 is 0. The predicted molar refractivity (Wildman–Crippen MR) is 98.8 cm³/mol. The van der Waals surface area contributed by atoms with E-state index in [0.29, 0.717) is 12.8 Å². The number of hydrogen-bond donors (Lipinski definition) is 3. The first kappa shape index (κ1) is 22.4. The van der Waals surface area contributed by atoms with Crippen molar-refractivity contribution in [1.29, 1.82) is 0 Å². The molecule has 0 aromatic heterocycles. The number of carboxylic acid groups (broad SMARTS) is 1. The molecule has 3 N–H and O–H groups in total. The van der Waals surface area contributed by atoms with E-state index in [1.165, 1.54) is 0 Å². The standard InChI is InChI=1S/C20H32O4/c21-18-14-10-6-5-8-12-16-19(22)15-11-7-3-1-2-4-9-13-17-20(23)24/h1-3,7-8,11-12,15,19,21-22H,4-6,9-10,13-14,16-18H2,(H,23,24)/b2-1-,7-3+,12-8-,15-11+/t19-/m0/s1. The van der Waals surface area contributed by atoms with Gasteiger partial charge in [0, 0.05) is 13.0 Å². The van der Waals surface area contributed by atoms with Gasteiger partial charge in [-0.1, -0.05) is 55.0 Å². The van der Waals surface area contributed by atoms with E-state index in [-0.39, 0.29) is 13.0 Å². The van der Waals surface area contributed by atoms with Gasteiger partial charge in [-0.05, 0) is 44.9 Å². The van der Waals surface area contributed by atoms with E-state index in [0.717, 1.165) is 38.5 Å². The summed E-state index contributed by atoms with van der Waals surface area (Å²) in [7, 11) is 0. The Morgan fingerprint density at radius 3 is 2.29 bits per heavy atom. The first-order valence-electron chi connectivity index (χ1n) is 8.82. The summed E-state index contributed by atoms with van der Waals surface area (Å²) in [5.74, 6) is -0.737. The van der Waals surface area contributed by atoms with Crippen LogP contribution in [0.5, 0.6) is 0 Å². The molecule has 0 saturated carbocycles. The second kappa shape index (κ2) is 17.7. The number of carbonyl (C=O) groups is 1. The average molecular weight is 336 g/mol. The van der Waals surface area contributed by atoms with Crippen molar-refractivity contribution < 1.29 is 20.1 Å². The quantitative estimate of drug-likeness (QED) is 0.238. The molecule has 0 unspecified atom stereocenters. The summed E-state index contributed by atoms with van der Waals surface area (Å²) in [6.45, 7) is 0.265. The van der Waals surface area contributed by atoms with Crippen molar-refractivity contribution in [3.05, 3.63) is 48.6 Å². The van der Waals surface area contributed by atoms with Crippen molar-refractivity contribution in [2.45, 2.75) is 63.9 Å². The summed E-state index contributed by atoms with van der Waals surface area (Å²) in [4.78, 5) is 10.3. The van der Waals surface area contributed by atoms with Gasteiger partial charge in [0.15, 0.2) is 0 Å². The lowest BCUT2D eigenvalue weighted by atomic mass is 10.1. The Morgan fingerprint density at radius 1 is 0.833 bits per heavy atom. The fraction of sp³-hybridized carbons (Fsp3) is 0.550. The van der Waals surface area contributed by atoms with E-state index in [1.54, 1.807) is 6.08 Å². The summed E-state index contributed by atoms with van der Waals surface area (Å²) in [6.07, 6.45) is 22.2. The third kappa shape index (κ3) is 18.4. The van der Waals surface area contributed by atoms with Gasteiger partial charge in [-0.25, -0.2) is 0 Å². The summed E-state index contributed by atoms with van der Waals surface area (Å²) >= 11 is 0. The van der Waals surface area contributed by atoms with Crippen molar-refractivity contribution in [3.8, 4) is 0 Å². The molecule has 0 aliphatic carbocycles. The lowest BCUT2D eigenvalue weighted by molar-refractivity contribution is -0.137. The SMILES string of the molecule is O=C(O)CCCC\C=C/C=C/C=C/[C@H](O)C/C=C\CCCCCO. The molecule has 4 heteroatoms. The van der Waals surface area contributed by atoms with Gasteiger partial charge < -0.3 is 15.3 Å². The number of allylic oxidation sites excluding steroid dienone is 6. The Balaban J connectivity index is 3.62. The molecule has 4 nitrogen and oxygen atoms in total. The van der Waals surface area contributed by atoms with Gasteiger partial charge in [-0.3, -0.25) is 4.79 Å². The van der Waals surface area contributed by atoms with Crippen molar-refractivity contribution in [1.82, 2.24) is 0 Å². The van der Waals surface area contributed by atoms with Crippen LogP contribution in [0.3, 0.4) is 0 Å². The highest BCUT2D eigenvalue weighted by Gasteiger charge is 1.94. The summed E-state index contributed by atoms with van der Waals surface area (Å²) in [6, 6.07) is 0. The third-order valence-corrected chi connectivity index (χ3v) is 3.39. The molecule has 0 fully saturated rings. The minimum absolute atomic E-state index is 0.238. The van der Waals surface area contributed by atoms with Crippen LogP contribution in [-0.4, -0.2) is 34.0 Å². The minimum atomic E-state index is -0.737. The van der Waals surface area contributed by atoms with Crippen molar-refractivity contribution in [2.75, 3.05) is 6.61 Å². The molecule has 1 atom stereocenters. The molecule has 136 valence electrons. The molecule has 0 aliphatic rings. The maximum Gasteiger partial charge on any atom is 0.303 e.